The molecule has 2 aliphatic heterocycles. The number of anilines is 2. The number of fused-ring (bicyclic) bond motifs is 3. The van der Waals surface area contributed by atoms with Crippen molar-refractivity contribution >= 4 is 21.4 Å². The largest absolute Gasteiger partial charge is 0.435 e. The molecule has 0 amide bonds. The van der Waals surface area contributed by atoms with E-state index in [9.17, 15) is 47.9 Å². The van der Waals surface area contributed by atoms with Crippen LogP contribution in [0, 0.1) is 5.82 Å². The van der Waals surface area contributed by atoms with Gasteiger partial charge in [0.25, 0.3) is 16.4 Å². The lowest BCUT2D eigenvalue weighted by Crippen LogP contribution is -2.62. The maximum absolute atomic E-state index is 14.3. The van der Waals surface area contributed by atoms with Crippen LogP contribution in [0.3, 0.4) is 0 Å². The van der Waals surface area contributed by atoms with E-state index in [1.807, 2.05) is 0 Å². The van der Waals surface area contributed by atoms with Crippen LogP contribution in [0.25, 0.3) is 11.1 Å². The number of rotatable bonds is 7. The SMILES string of the molecule is O=S(=O)(c1cccc(C(F)(F)F)c1)N1CC2CN(C(F)C(F)F)CCN2c2ccc(-c3cc(F)cc(OC(F)F)c3)cc21. The molecule has 0 saturated carbocycles. The molecule has 1 saturated heterocycles. The lowest BCUT2D eigenvalue weighted by molar-refractivity contribution is -0.137. The number of piperazine rings is 1. The van der Waals surface area contributed by atoms with Gasteiger partial charge in [0.05, 0.1) is 34.4 Å². The minimum absolute atomic E-state index is 0.00788. The van der Waals surface area contributed by atoms with Gasteiger partial charge in [0.15, 0.2) is 0 Å². The lowest BCUT2D eigenvalue weighted by atomic mass is 10.00. The van der Waals surface area contributed by atoms with Crippen molar-refractivity contribution in [1.82, 2.24) is 4.90 Å². The Morgan fingerprint density at radius 1 is 0.837 bits per heavy atom. The van der Waals surface area contributed by atoms with Crippen LogP contribution in [-0.4, -0.2) is 64.9 Å². The number of ether oxygens (including phenoxy) is 1. The molecule has 5 rings (SSSR count). The number of hydrogen-bond donors (Lipinski definition) is 0. The first kappa shape index (κ1) is 30.8. The van der Waals surface area contributed by atoms with Gasteiger partial charge in [-0.1, -0.05) is 12.1 Å². The Hall–Kier alpha value is -3.66. The van der Waals surface area contributed by atoms with E-state index >= 15 is 0 Å². The second-order valence-corrected chi connectivity index (χ2v) is 11.7. The highest BCUT2D eigenvalue weighted by atomic mass is 32.2. The van der Waals surface area contributed by atoms with Crippen LogP contribution in [0.5, 0.6) is 5.75 Å². The average molecular weight is 640 g/mol. The number of alkyl halides is 8. The molecule has 6 nitrogen and oxygen atoms in total. The summed E-state index contributed by atoms with van der Waals surface area (Å²) >= 11 is 0. The summed E-state index contributed by atoms with van der Waals surface area (Å²) in [7, 11) is -4.75. The summed E-state index contributed by atoms with van der Waals surface area (Å²) in [5, 5.41) is 0. The molecule has 2 aliphatic rings. The Balaban J connectivity index is 1.62. The van der Waals surface area contributed by atoms with Crippen molar-refractivity contribution in [3.63, 3.8) is 0 Å². The predicted octanol–water partition coefficient (Wildman–Crippen LogP) is 6.37. The van der Waals surface area contributed by atoms with Crippen molar-refractivity contribution in [3.05, 3.63) is 72.0 Å². The summed E-state index contributed by atoms with van der Waals surface area (Å²) in [5.74, 6) is -1.44. The van der Waals surface area contributed by atoms with Crippen molar-refractivity contribution in [3.8, 4) is 16.9 Å². The zero-order valence-corrected chi connectivity index (χ0v) is 22.6. The fraction of sp³-hybridized carbons (Fsp3) is 0.333. The minimum atomic E-state index is -4.86. The third-order valence-corrected chi connectivity index (χ3v) is 8.96. The van der Waals surface area contributed by atoms with Gasteiger partial charge in [-0.15, -0.1) is 0 Å². The van der Waals surface area contributed by atoms with Crippen molar-refractivity contribution in [2.75, 3.05) is 35.4 Å². The van der Waals surface area contributed by atoms with Crippen molar-refractivity contribution < 1.29 is 52.7 Å². The molecular formula is C27H22F9N3O3S. The van der Waals surface area contributed by atoms with Gasteiger partial charge in [-0.2, -0.15) is 22.0 Å². The molecule has 2 heterocycles. The van der Waals surface area contributed by atoms with Gasteiger partial charge in [-0.3, -0.25) is 9.21 Å². The highest BCUT2D eigenvalue weighted by molar-refractivity contribution is 7.92. The molecule has 16 heteroatoms. The molecule has 2 atom stereocenters. The predicted molar refractivity (Wildman–Crippen MR) is 138 cm³/mol. The van der Waals surface area contributed by atoms with Crippen LogP contribution in [0.15, 0.2) is 65.6 Å². The zero-order valence-electron chi connectivity index (χ0n) is 21.8. The minimum Gasteiger partial charge on any atom is -0.435 e. The van der Waals surface area contributed by atoms with Crippen LogP contribution in [-0.2, 0) is 16.2 Å². The van der Waals surface area contributed by atoms with E-state index in [0.717, 1.165) is 39.5 Å². The molecular weight excluding hydrogens is 617 g/mol. The van der Waals surface area contributed by atoms with Crippen molar-refractivity contribution in [2.24, 2.45) is 0 Å². The molecule has 3 aromatic carbocycles. The summed E-state index contributed by atoms with van der Waals surface area (Å²) in [5.41, 5.74) is -0.859. The van der Waals surface area contributed by atoms with E-state index in [0.29, 0.717) is 12.1 Å². The molecule has 0 aromatic heterocycles. The Kier molecular flexibility index (Phi) is 8.19. The average Bonchev–Trinajstić information content (AvgIpc) is 2.94. The van der Waals surface area contributed by atoms with Crippen LogP contribution < -0.4 is 13.9 Å². The number of hydrogen-bond acceptors (Lipinski definition) is 5. The van der Waals surface area contributed by atoms with Gasteiger partial charge in [0.2, 0.25) is 6.30 Å². The van der Waals surface area contributed by atoms with Gasteiger partial charge >= 0.3 is 12.8 Å². The Morgan fingerprint density at radius 3 is 2.26 bits per heavy atom. The standard InChI is InChI=1S/C27H22F9N3O3S/c28-18-8-16(9-20(12-18)42-26(32)33)15-4-5-22-23(10-15)39(14-19-13-37(6-7-38(19)22)25(31)24(29)30)43(40,41)21-3-1-2-17(11-21)27(34,35)36/h1-5,8-12,19,24-26H,6-7,13-14H2. The number of sulfonamides is 1. The monoisotopic (exact) mass is 639 g/mol. The van der Waals surface area contributed by atoms with Crippen molar-refractivity contribution in [2.45, 2.75) is 36.4 Å². The molecule has 2 unspecified atom stereocenters. The normalized spacial score (nSPS) is 18.5. The summed E-state index contributed by atoms with van der Waals surface area (Å²) in [6.07, 6.45) is -10.8. The van der Waals surface area contributed by atoms with E-state index in [1.54, 1.807) is 4.90 Å². The fourth-order valence-corrected chi connectivity index (χ4v) is 6.81. The summed E-state index contributed by atoms with van der Waals surface area (Å²) in [6, 6.07) is 9.11. The third kappa shape index (κ3) is 6.20. The molecule has 3 aromatic rings. The first-order valence-corrected chi connectivity index (χ1v) is 14.1. The summed E-state index contributed by atoms with van der Waals surface area (Å²) in [4.78, 5) is 1.81. The second-order valence-electron chi connectivity index (χ2n) is 9.87. The molecule has 232 valence electrons. The van der Waals surface area contributed by atoms with E-state index in [2.05, 4.69) is 4.74 Å². The van der Waals surface area contributed by atoms with E-state index in [4.69, 9.17) is 0 Å². The van der Waals surface area contributed by atoms with Gasteiger partial charge in [-0.25, -0.2) is 26.0 Å². The van der Waals surface area contributed by atoms with Crippen LogP contribution in [0.2, 0.25) is 0 Å². The molecule has 0 bridgehead atoms. The van der Waals surface area contributed by atoms with Crippen molar-refractivity contribution in [1.29, 1.82) is 0 Å². The Labute approximate surface area is 239 Å². The van der Waals surface area contributed by atoms with E-state index in [-0.39, 0.29) is 42.1 Å². The third-order valence-electron chi connectivity index (χ3n) is 7.18. The van der Waals surface area contributed by atoms with Gasteiger partial charge in [0.1, 0.15) is 11.6 Å². The summed E-state index contributed by atoms with van der Waals surface area (Å²) in [6.45, 7) is -4.16. The number of nitrogens with zero attached hydrogens (tertiary/aromatic N) is 3. The zero-order chi connectivity index (χ0) is 31.3. The first-order chi connectivity index (χ1) is 20.1. The van der Waals surface area contributed by atoms with E-state index in [1.165, 1.54) is 18.2 Å². The Morgan fingerprint density at radius 2 is 1.58 bits per heavy atom. The highest BCUT2D eigenvalue weighted by Gasteiger charge is 2.43. The van der Waals surface area contributed by atoms with Crippen LogP contribution >= 0.6 is 0 Å². The van der Waals surface area contributed by atoms with Gasteiger partial charge in [-0.05, 0) is 53.6 Å². The van der Waals surface area contributed by atoms with Gasteiger partial charge < -0.3 is 9.64 Å². The smallest absolute Gasteiger partial charge is 0.416 e. The molecule has 0 N–H and O–H groups in total. The topological polar surface area (TPSA) is 53.1 Å². The number of halogens is 9. The molecule has 1 fully saturated rings. The van der Waals surface area contributed by atoms with Gasteiger partial charge in [0, 0.05) is 25.7 Å². The Bertz CT molecular complexity index is 1600. The van der Waals surface area contributed by atoms with Crippen LogP contribution in [0.4, 0.5) is 50.9 Å². The fourth-order valence-electron chi connectivity index (χ4n) is 5.26. The molecule has 0 aliphatic carbocycles. The van der Waals surface area contributed by atoms with E-state index < -0.39 is 70.1 Å². The molecule has 43 heavy (non-hydrogen) atoms. The summed E-state index contributed by atoms with van der Waals surface area (Å²) < 4.78 is 153. The van der Waals surface area contributed by atoms with Crippen LogP contribution in [0.1, 0.15) is 5.56 Å². The second kappa shape index (κ2) is 11.4. The number of benzene rings is 3. The molecule has 0 radical (unpaired) electrons. The quantitative estimate of drug-likeness (QED) is 0.222. The molecule has 0 spiro atoms. The lowest BCUT2D eigenvalue weighted by Gasteiger charge is -2.49. The maximum Gasteiger partial charge on any atom is 0.416 e. The highest BCUT2D eigenvalue weighted by Crippen LogP contribution is 2.43. The first-order valence-electron chi connectivity index (χ1n) is 12.7. The maximum atomic E-state index is 14.3.